The molecule has 2 aromatic rings. The molecule has 0 saturated carbocycles. The second-order valence-corrected chi connectivity index (χ2v) is 6.57. The maximum absolute atomic E-state index is 12.3. The van der Waals surface area contributed by atoms with Gasteiger partial charge in [-0.3, -0.25) is 0 Å². The molecule has 4 nitrogen and oxygen atoms in total. The van der Waals surface area contributed by atoms with Gasteiger partial charge in [0.05, 0.1) is 4.90 Å². The SMILES string of the molecule is Cc1ccc(C)c(S(=O)(=O)NCc2cccc(N)c2)c1. The molecule has 0 atom stereocenters. The molecule has 2 aromatic carbocycles. The van der Waals surface area contributed by atoms with E-state index in [2.05, 4.69) is 4.72 Å². The van der Waals surface area contributed by atoms with E-state index < -0.39 is 10.0 Å². The lowest BCUT2D eigenvalue weighted by atomic mass is 10.2. The van der Waals surface area contributed by atoms with E-state index in [4.69, 9.17) is 5.73 Å². The monoisotopic (exact) mass is 290 g/mol. The Bertz CT molecular complexity index is 724. The highest BCUT2D eigenvalue weighted by atomic mass is 32.2. The minimum absolute atomic E-state index is 0.223. The summed E-state index contributed by atoms with van der Waals surface area (Å²) in [7, 11) is -3.52. The topological polar surface area (TPSA) is 72.2 Å². The summed E-state index contributed by atoms with van der Waals surface area (Å²) in [6, 6.07) is 12.5. The molecule has 0 aromatic heterocycles. The molecule has 0 unspecified atom stereocenters. The number of nitrogens with two attached hydrogens (primary N) is 1. The Balaban J connectivity index is 2.21. The zero-order valence-corrected chi connectivity index (χ0v) is 12.4. The van der Waals surface area contributed by atoms with Gasteiger partial charge in [0.25, 0.3) is 0 Å². The first-order valence-electron chi connectivity index (χ1n) is 6.30. The largest absolute Gasteiger partial charge is 0.399 e. The van der Waals surface area contributed by atoms with Crippen LogP contribution in [-0.2, 0) is 16.6 Å². The van der Waals surface area contributed by atoms with E-state index in [1.54, 1.807) is 31.2 Å². The molecule has 106 valence electrons. The maximum Gasteiger partial charge on any atom is 0.241 e. The van der Waals surface area contributed by atoms with Crippen molar-refractivity contribution in [1.82, 2.24) is 4.72 Å². The molecule has 0 aliphatic rings. The number of sulfonamides is 1. The number of hydrogen-bond donors (Lipinski definition) is 2. The van der Waals surface area contributed by atoms with Gasteiger partial charge in [0.15, 0.2) is 0 Å². The third kappa shape index (κ3) is 3.37. The van der Waals surface area contributed by atoms with Gasteiger partial charge in [-0.05, 0) is 48.7 Å². The summed E-state index contributed by atoms with van der Waals surface area (Å²) in [6.07, 6.45) is 0. The van der Waals surface area contributed by atoms with Crippen molar-refractivity contribution in [3.63, 3.8) is 0 Å². The quantitative estimate of drug-likeness (QED) is 0.849. The van der Waals surface area contributed by atoms with Crippen LogP contribution < -0.4 is 10.5 Å². The summed E-state index contributed by atoms with van der Waals surface area (Å²) in [6.45, 7) is 3.88. The number of benzene rings is 2. The predicted molar refractivity (Wildman–Crippen MR) is 80.8 cm³/mol. The molecule has 0 radical (unpaired) electrons. The van der Waals surface area contributed by atoms with Gasteiger partial charge in [-0.2, -0.15) is 0 Å². The molecule has 0 fully saturated rings. The maximum atomic E-state index is 12.3. The standard InChI is InChI=1S/C15H18N2O2S/c1-11-6-7-12(2)15(8-11)20(18,19)17-10-13-4-3-5-14(16)9-13/h3-9,17H,10,16H2,1-2H3. The van der Waals surface area contributed by atoms with Gasteiger partial charge in [-0.1, -0.05) is 24.3 Å². The highest BCUT2D eigenvalue weighted by molar-refractivity contribution is 7.89. The van der Waals surface area contributed by atoms with E-state index in [0.717, 1.165) is 16.7 Å². The van der Waals surface area contributed by atoms with Crippen LogP contribution in [0.25, 0.3) is 0 Å². The van der Waals surface area contributed by atoms with Crippen LogP contribution in [0.5, 0.6) is 0 Å². The van der Waals surface area contributed by atoms with Crippen LogP contribution in [0.4, 0.5) is 5.69 Å². The Morgan fingerprint density at radius 2 is 1.85 bits per heavy atom. The Morgan fingerprint density at radius 3 is 2.55 bits per heavy atom. The van der Waals surface area contributed by atoms with Crippen LogP contribution >= 0.6 is 0 Å². The zero-order chi connectivity index (χ0) is 14.8. The lowest BCUT2D eigenvalue weighted by molar-refractivity contribution is 0.580. The molecule has 0 aliphatic carbocycles. The zero-order valence-electron chi connectivity index (χ0n) is 11.6. The van der Waals surface area contributed by atoms with Crippen LogP contribution in [0.3, 0.4) is 0 Å². The van der Waals surface area contributed by atoms with E-state index in [-0.39, 0.29) is 6.54 Å². The molecule has 3 N–H and O–H groups in total. The number of nitrogen functional groups attached to an aromatic ring is 1. The van der Waals surface area contributed by atoms with Gasteiger partial charge >= 0.3 is 0 Å². The van der Waals surface area contributed by atoms with Crippen molar-refractivity contribution in [3.05, 3.63) is 59.2 Å². The Labute approximate surface area is 119 Å². The molecular formula is C15H18N2O2S. The molecule has 0 bridgehead atoms. The second kappa shape index (κ2) is 5.64. The smallest absolute Gasteiger partial charge is 0.241 e. The number of aryl methyl sites for hydroxylation is 2. The van der Waals surface area contributed by atoms with E-state index in [1.807, 2.05) is 25.1 Å². The Hall–Kier alpha value is -1.85. The number of anilines is 1. The van der Waals surface area contributed by atoms with Crippen molar-refractivity contribution in [1.29, 1.82) is 0 Å². The third-order valence-electron chi connectivity index (χ3n) is 3.05. The number of hydrogen-bond acceptors (Lipinski definition) is 3. The molecule has 0 aliphatic heterocycles. The summed E-state index contributed by atoms with van der Waals surface area (Å²) in [5.74, 6) is 0. The Morgan fingerprint density at radius 1 is 1.10 bits per heavy atom. The summed E-state index contributed by atoms with van der Waals surface area (Å²) in [5.41, 5.74) is 8.78. The summed E-state index contributed by atoms with van der Waals surface area (Å²) in [5, 5.41) is 0. The van der Waals surface area contributed by atoms with Gasteiger partial charge in [0, 0.05) is 12.2 Å². The highest BCUT2D eigenvalue weighted by Gasteiger charge is 2.16. The molecule has 20 heavy (non-hydrogen) atoms. The third-order valence-corrected chi connectivity index (χ3v) is 4.59. The molecule has 0 spiro atoms. The van der Waals surface area contributed by atoms with Crippen LogP contribution in [-0.4, -0.2) is 8.42 Å². The second-order valence-electron chi connectivity index (χ2n) is 4.84. The summed E-state index contributed by atoms with van der Waals surface area (Å²) in [4.78, 5) is 0.321. The fraction of sp³-hybridized carbons (Fsp3) is 0.200. The molecule has 0 amide bonds. The minimum atomic E-state index is -3.52. The first kappa shape index (κ1) is 14.6. The first-order valence-corrected chi connectivity index (χ1v) is 7.78. The van der Waals surface area contributed by atoms with E-state index in [1.165, 1.54) is 0 Å². The normalized spacial score (nSPS) is 11.5. The fourth-order valence-corrected chi connectivity index (χ4v) is 3.30. The van der Waals surface area contributed by atoms with Crippen LogP contribution in [0.2, 0.25) is 0 Å². The van der Waals surface area contributed by atoms with Crippen LogP contribution in [0.15, 0.2) is 47.4 Å². The molecule has 0 heterocycles. The van der Waals surface area contributed by atoms with E-state index in [0.29, 0.717) is 10.6 Å². The van der Waals surface area contributed by atoms with Crippen molar-refractivity contribution in [2.24, 2.45) is 0 Å². The highest BCUT2D eigenvalue weighted by Crippen LogP contribution is 2.17. The summed E-state index contributed by atoms with van der Waals surface area (Å²) < 4.78 is 27.2. The van der Waals surface area contributed by atoms with E-state index in [9.17, 15) is 8.42 Å². The minimum Gasteiger partial charge on any atom is -0.399 e. The Kier molecular flexibility index (Phi) is 4.11. The van der Waals surface area contributed by atoms with Gasteiger partial charge in [0.1, 0.15) is 0 Å². The van der Waals surface area contributed by atoms with E-state index >= 15 is 0 Å². The lowest BCUT2D eigenvalue weighted by Gasteiger charge is -2.10. The van der Waals surface area contributed by atoms with Crippen molar-refractivity contribution < 1.29 is 8.42 Å². The number of nitrogens with one attached hydrogen (secondary N) is 1. The first-order chi connectivity index (χ1) is 9.38. The summed E-state index contributed by atoms with van der Waals surface area (Å²) >= 11 is 0. The van der Waals surface area contributed by atoms with Crippen molar-refractivity contribution >= 4 is 15.7 Å². The molecule has 2 rings (SSSR count). The lowest BCUT2D eigenvalue weighted by Crippen LogP contribution is -2.24. The van der Waals surface area contributed by atoms with Crippen molar-refractivity contribution in [2.75, 3.05) is 5.73 Å². The van der Waals surface area contributed by atoms with Crippen molar-refractivity contribution in [2.45, 2.75) is 25.3 Å². The van der Waals surface area contributed by atoms with Crippen LogP contribution in [0.1, 0.15) is 16.7 Å². The fourth-order valence-electron chi connectivity index (χ4n) is 1.96. The van der Waals surface area contributed by atoms with Crippen molar-refractivity contribution in [3.8, 4) is 0 Å². The average Bonchev–Trinajstić information content (AvgIpc) is 2.39. The predicted octanol–water partition coefficient (Wildman–Crippen LogP) is 2.36. The van der Waals surface area contributed by atoms with Gasteiger partial charge in [0.2, 0.25) is 10.0 Å². The average molecular weight is 290 g/mol. The molecule has 5 heteroatoms. The van der Waals surface area contributed by atoms with Crippen LogP contribution in [0, 0.1) is 13.8 Å². The molecular weight excluding hydrogens is 272 g/mol. The van der Waals surface area contributed by atoms with Gasteiger partial charge < -0.3 is 5.73 Å². The number of rotatable bonds is 4. The van der Waals surface area contributed by atoms with Gasteiger partial charge in [-0.25, -0.2) is 13.1 Å². The molecule has 0 saturated heterocycles. The van der Waals surface area contributed by atoms with Gasteiger partial charge in [-0.15, -0.1) is 0 Å².